The topological polar surface area (TPSA) is 32.3 Å². The van der Waals surface area contributed by atoms with Gasteiger partial charge in [-0.3, -0.25) is 0 Å². The van der Waals surface area contributed by atoms with Crippen LogP contribution in [0.1, 0.15) is 6.42 Å². The van der Waals surface area contributed by atoms with E-state index in [0.717, 1.165) is 19.5 Å². The monoisotopic (exact) mass is 139 g/mol. The average molecular weight is 139 g/mol. The van der Waals surface area contributed by atoms with E-state index in [4.69, 9.17) is 0 Å². The molecule has 1 aliphatic heterocycles. The standard InChI is InChI=1S/C7H11N2O/c1-2-5-9-6-3-4-8-7(9)10/h2,5H,1,3-4,6H2,(H,8,10). The first-order valence-electron chi connectivity index (χ1n) is 3.35. The zero-order valence-electron chi connectivity index (χ0n) is 5.84. The molecule has 0 aromatic heterocycles. The molecule has 0 aliphatic carbocycles. The molecule has 0 atom stereocenters. The second kappa shape index (κ2) is 3.25. The smallest absolute Gasteiger partial charge is 0.317 e. The van der Waals surface area contributed by atoms with E-state index in [-0.39, 0.29) is 6.03 Å². The maximum absolute atomic E-state index is 10.9. The molecule has 1 aliphatic rings. The predicted octanol–water partition coefficient (Wildman–Crippen LogP) is 0.749. The molecule has 1 N–H and O–H groups in total. The summed E-state index contributed by atoms with van der Waals surface area (Å²) in [7, 11) is 0. The lowest BCUT2D eigenvalue weighted by Crippen LogP contribution is -2.44. The normalized spacial score (nSPS) is 18.4. The van der Waals surface area contributed by atoms with Crippen LogP contribution in [0.15, 0.2) is 12.7 Å². The molecule has 0 saturated carbocycles. The Balaban J connectivity index is 2.39. The van der Waals surface area contributed by atoms with Crippen molar-refractivity contribution in [2.45, 2.75) is 6.42 Å². The molecule has 0 aromatic rings. The summed E-state index contributed by atoms with van der Waals surface area (Å²) in [6.07, 6.45) is 2.63. The fourth-order valence-corrected chi connectivity index (χ4v) is 0.917. The number of hydrogen-bond acceptors (Lipinski definition) is 1. The fourth-order valence-electron chi connectivity index (χ4n) is 0.917. The SMILES string of the molecule is C=C[CH]N1CCCNC1=O. The van der Waals surface area contributed by atoms with E-state index >= 15 is 0 Å². The Hall–Kier alpha value is -0.990. The van der Waals surface area contributed by atoms with Crippen LogP contribution in [0, 0.1) is 6.54 Å². The van der Waals surface area contributed by atoms with Gasteiger partial charge in [0.1, 0.15) is 0 Å². The average Bonchev–Trinajstić information content (AvgIpc) is 1.94. The number of rotatable bonds is 2. The summed E-state index contributed by atoms with van der Waals surface area (Å²) < 4.78 is 0. The van der Waals surface area contributed by atoms with Crippen molar-refractivity contribution in [1.29, 1.82) is 0 Å². The van der Waals surface area contributed by atoms with Gasteiger partial charge in [0.05, 0.1) is 6.54 Å². The van der Waals surface area contributed by atoms with Crippen LogP contribution < -0.4 is 5.32 Å². The molecular formula is C7H11N2O. The third kappa shape index (κ3) is 1.50. The molecule has 0 aromatic carbocycles. The van der Waals surface area contributed by atoms with Gasteiger partial charge in [0.2, 0.25) is 0 Å². The van der Waals surface area contributed by atoms with Crippen molar-refractivity contribution < 1.29 is 4.79 Å². The van der Waals surface area contributed by atoms with Gasteiger partial charge in [0.25, 0.3) is 0 Å². The number of hydrogen-bond donors (Lipinski definition) is 1. The molecule has 1 fully saturated rings. The Morgan fingerprint density at radius 1 is 1.70 bits per heavy atom. The number of carbonyl (C=O) groups is 1. The molecule has 1 rings (SSSR count). The van der Waals surface area contributed by atoms with Gasteiger partial charge in [0.15, 0.2) is 0 Å². The zero-order chi connectivity index (χ0) is 7.40. The maximum Gasteiger partial charge on any atom is 0.317 e. The summed E-state index contributed by atoms with van der Waals surface area (Å²) in [6, 6.07) is -0.0221. The molecule has 0 bridgehead atoms. The lowest BCUT2D eigenvalue weighted by molar-refractivity contribution is 0.201. The van der Waals surface area contributed by atoms with Gasteiger partial charge in [-0.1, -0.05) is 6.08 Å². The van der Waals surface area contributed by atoms with Crippen molar-refractivity contribution in [2.75, 3.05) is 13.1 Å². The highest BCUT2D eigenvalue weighted by Gasteiger charge is 2.14. The molecule has 1 heterocycles. The van der Waals surface area contributed by atoms with Crippen molar-refractivity contribution in [3.63, 3.8) is 0 Å². The zero-order valence-corrected chi connectivity index (χ0v) is 5.84. The summed E-state index contributed by atoms with van der Waals surface area (Å²) in [6.45, 7) is 6.80. The number of urea groups is 1. The van der Waals surface area contributed by atoms with Crippen molar-refractivity contribution in [3.05, 3.63) is 19.2 Å². The second-order valence-electron chi connectivity index (χ2n) is 2.16. The Kier molecular flexibility index (Phi) is 2.31. The van der Waals surface area contributed by atoms with E-state index in [0.29, 0.717) is 0 Å². The van der Waals surface area contributed by atoms with E-state index in [9.17, 15) is 4.79 Å². The molecule has 1 radical (unpaired) electrons. The number of carbonyl (C=O) groups excluding carboxylic acids is 1. The Bertz CT molecular complexity index is 145. The van der Waals surface area contributed by atoms with Crippen molar-refractivity contribution in [1.82, 2.24) is 10.2 Å². The molecule has 1 saturated heterocycles. The molecule has 0 spiro atoms. The summed E-state index contributed by atoms with van der Waals surface area (Å²) in [5, 5.41) is 2.72. The summed E-state index contributed by atoms with van der Waals surface area (Å²) >= 11 is 0. The largest absolute Gasteiger partial charge is 0.338 e. The number of nitrogens with zero attached hydrogens (tertiary/aromatic N) is 1. The molecule has 2 amide bonds. The first-order chi connectivity index (χ1) is 4.84. The van der Waals surface area contributed by atoms with E-state index in [1.165, 1.54) is 0 Å². The summed E-state index contributed by atoms with van der Waals surface area (Å²) in [4.78, 5) is 12.5. The van der Waals surface area contributed by atoms with E-state index < -0.39 is 0 Å². The minimum Gasteiger partial charge on any atom is -0.338 e. The first kappa shape index (κ1) is 7.12. The quantitative estimate of drug-likeness (QED) is 0.601. The summed E-state index contributed by atoms with van der Waals surface area (Å²) in [5.41, 5.74) is 0. The highest BCUT2D eigenvalue weighted by atomic mass is 16.2. The van der Waals surface area contributed by atoms with E-state index in [1.54, 1.807) is 17.5 Å². The first-order valence-corrected chi connectivity index (χ1v) is 3.35. The van der Waals surface area contributed by atoms with Crippen LogP contribution in [-0.4, -0.2) is 24.0 Å². The number of nitrogens with one attached hydrogen (secondary N) is 1. The molecular weight excluding hydrogens is 128 g/mol. The van der Waals surface area contributed by atoms with E-state index in [2.05, 4.69) is 11.9 Å². The maximum atomic E-state index is 10.9. The van der Waals surface area contributed by atoms with Gasteiger partial charge < -0.3 is 10.2 Å². The summed E-state index contributed by atoms with van der Waals surface area (Å²) in [5.74, 6) is 0. The highest BCUT2D eigenvalue weighted by molar-refractivity contribution is 5.75. The van der Waals surface area contributed by atoms with E-state index in [1.807, 2.05) is 0 Å². The minimum atomic E-state index is -0.0221. The Labute approximate surface area is 60.7 Å². The third-order valence-corrected chi connectivity index (χ3v) is 1.40. The Morgan fingerprint density at radius 2 is 2.50 bits per heavy atom. The molecule has 55 valence electrons. The van der Waals surface area contributed by atoms with Gasteiger partial charge in [0, 0.05) is 13.1 Å². The van der Waals surface area contributed by atoms with Crippen LogP contribution in [0.25, 0.3) is 0 Å². The molecule has 3 heteroatoms. The molecule has 0 unspecified atom stereocenters. The van der Waals surface area contributed by atoms with Gasteiger partial charge >= 0.3 is 6.03 Å². The third-order valence-electron chi connectivity index (χ3n) is 1.40. The van der Waals surface area contributed by atoms with Crippen molar-refractivity contribution in [3.8, 4) is 0 Å². The van der Waals surface area contributed by atoms with Gasteiger partial charge in [-0.05, 0) is 6.42 Å². The lowest BCUT2D eigenvalue weighted by atomic mass is 10.3. The minimum absolute atomic E-state index is 0.0221. The van der Waals surface area contributed by atoms with Crippen LogP contribution in [0.2, 0.25) is 0 Å². The van der Waals surface area contributed by atoms with Gasteiger partial charge in [-0.25, -0.2) is 4.79 Å². The van der Waals surface area contributed by atoms with Crippen LogP contribution in [0.4, 0.5) is 4.79 Å². The van der Waals surface area contributed by atoms with Crippen molar-refractivity contribution >= 4 is 6.03 Å². The molecule has 3 nitrogen and oxygen atoms in total. The number of amides is 2. The lowest BCUT2D eigenvalue weighted by Gasteiger charge is -2.25. The fraction of sp³-hybridized carbons (Fsp3) is 0.429. The van der Waals surface area contributed by atoms with Gasteiger partial charge in [-0.2, -0.15) is 0 Å². The van der Waals surface area contributed by atoms with Crippen molar-refractivity contribution in [2.24, 2.45) is 0 Å². The highest BCUT2D eigenvalue weighted by Crippen LogP contribution is 2.00. The van der Waals surface area contributed by atoms with Gasteiger partial charge in [-0.15, -0.1) is 6.58 Å². The van der Waals surface area contributed by atoms with Crippen LogP contribution in [0.5, 0.6) is 0 Å². The molecule has 10 heavy (non-hydrogen) atoms. The van der Waals surface area contributed by atoms with Crippen LogP contribution >= 0.6 is 0 Å². The Morgan fingerprint density at radius 3 is 3.10 bits per heavy atom. The second-order valence-corrected chi connectivity index (χ2v) is 2.16. The van der Waals surface area contributed by atoms with Crippen LogP contribution in [-0.2, 0) is 0 Å². The predicted molar refractivity (Wildman–Crippen MR) is 39.2 cm³/mol. The van der Waals surface area contributed by atoms with Crippen LogP contribution in [0.3, 0.4) is 0 Å².